The summed E-state index contributed by atoms with van der Waals surface area (Å²) in [5, 5.41) is 7.86. The third kappa shape index (κ3) is 4.70. The van der Waals surface area contributed by atoms with Gasteiger partial charge in [-0.3, -0.25) is 0 Å². The van der Waals surface area contributed by atoms with E-state index in [1.54, 1.807) is 0 Å². The molecular weight excluding hydrogens is 745 g/mol. The molecule has 13 rings (SSSR count). The van der Waals surface area contributed by atoms with Gasteiger partial charge in [0.1, 0.15) is 0 Å². The second-order valence-electron chi connectivity index (χ2n) is 16.9. The fraction of sp³-hybridized carbons (Fsp3) is 0.0526. The standard InChI is InChI=1S/C57H38N2S/c1-57(2)50-32-37(41-16-10-18-48-49-19-11-17-47-44-14-6-8-20-52(44)59(55(41)48)56(47)49)24-29-42(50)43-30-27-39(33-51(43)57)58(38-25-22-36(23-26-38)35-12-4-3-5-13-35)40-28-31-46-45-15-7-9-21-53(45)60-54(46)34-40/h3-34H,1-2H3. The van der Waals surface area contributed by atoms with E-state index in [-0.39, 0.29) is 5.41 Å². The van der Waals surface area contributed by atoms with Crippen LogP contribution in [0.5, 0.6) is 0 Å². The first kappa shape index (κ1) is 33.7. The first-order valence-corrected chi connectivity index (χ1v) is 21.7. The minimum Gasteiger partial charge on any atom is -0.310 e. The van der Waals surface area contributed by atoms with Gasteiger partial charge in [-0.15, -0.1) is 11.3 Å². The number of thiophene rings is 1. The van der Waals surface area contributed by atoms with Crippen LogP contribution in [0.4, 0.5) is 17.1 Å². The molecule has 0 radical (unpaired) electrons. The highest BCUT2D eigenvalue weighted by molar-refractivity contribution is 7.25. The maximum Gasteiger partial charge on any atom is 0.0620 e. The van der Waals surface area contributed by atoms with Crippen molar-refractivity contribution in [2.45, 2.75) is 19.3 Å². The Kier molecular flexibility index (Phi) is 6.98. The Morgan fingerprint density at radius 1 is 0.383 bits per heavy atom. The topological polar surface area (TPSA) is 7.65 Å². The largest absolute Gasteiger partial charge is 0.310 e. The Morgan fingerprint density at radius 3 is 1.78 bits per heavy atom. The summed E-state index contributed by atoms with van der Waals surface area (Å²) >= 11 is 1.87. The van der Waals surface area contributed by atoms with Crippen LogP contribution in [-0.2, 0) is 5.41 Å². The van der Waals surface area contributed by atoms with E-state index in [9.17, 15) is 0 Å². The maximum atomic E-state index is 2.52. The highest BCUT2D eigenvalue weighted by Crippen LogP contribution is 2.53. The Bertz CT molecular complexity index is 3680. The number of hydrogen-bond acceptors (Lipinski definition) is 2. The summed E-state index contributed by atoms with van der Waals surface area (Å²) in [4.78, 5) is 2.44. The molecule has 0 aliphatic heterocycles. The highest BCUT2D eigenvalue weighted by atomic mass is 32.1. The zero-order valence-corrected chi connectivity index (χ0v) is 34.1. The minimum absolute atomic E-state index is 0.219. The fourth-order valence-electron chi connectivity index (χ4n) is 10.5. The van der Waals surface area contributed by atoms with E-state index in [1.807, 2.05) is 11.3 Å². The van der Waals surface area contributed by atoms with Crippen LogP contribution in [0.2, 0.25) is 0 Å². The Morgan fingerprint density at radius 2 is 0.950 bits per heavy atom. The summed E-state index contributed by atoms with van der Waals surface area (Å²) in [5.41, 5.74) is 17.4. The van der Waals surface area contributed by atoms with Gasteiger partial charge < -0.3 is 9.30 Å². The molecule has 282 valence electrons. The fourth-order valence-corrected chi connectivity index (χ4v) is 11.6. The molecule has 0 N–H and O–H groups in total. The van der Waals surface area contributed by atoms with Gasteiger partial charge >= 0.3 is 0 Å². The third-order valence-corrected chi connectivity index (χ3v) is 14.5. The van der Waals surface area contributed by atoms with Crippen LogP contribution in [-0.4, -0.2) is 4.40 Å². The zero-order chi connectivity index (χ0) is 39.7. The number of nitrogens with zero attached hydrogens (tertiary/aromatic N) is 2. The molecule has 0 unspecified atom stereocenters. The average molecular weight is 783 g/mol. The van der Waals surface area contributed by atoms with Crippen LogP contribution in [0.25, 0.3) is 91.6 Å². The minimum atomic E-state index is -0.219. The van der Waals surface area contributed by atoms with Crippen molar-refractivity contribution in [3.8, 4) is 33.4 Å². The molecule has 0 atom stereocenters. The number of rotatable bonds is 5. The van der Waals surface area contributed by atoms with E-state index in [0.29, 0.717) is 0 Å². The molecule has 60 heavy (non-hydrogen) atoms. The van der Waals surface area contributed by atoms with Crippen LogP contribution < -0.4 is 4.90 Å². The lowest BCUT2D eigenvalue weighted by molar-refractivity contribution is 0.660. The monoisotopic (exact) mass is 782 g/mol. The molecule has 2 nitrogen and oxygen atoms in total. The summed E-state index contributed by atoms with van der Waals surface area (Å²) < 4.78 is 5.13. The molecule has 1 aliphatic rings. The van der Waals surface area contributed by atoms with Gasteiger partial charge in [0.05, 0.1) is 16.6 Å². The van der Waals surface area contributed by atoms with Gasteiger partial charge in [0.15, 0.2) is 0 Å². The SMILES string of the molecule is CC1(C)c2cc(-c3cccc4c5cccc6c7ccccc7n(c34)c65)ccc2-c2ccc(N(c3ccc(-c4ccccc4)cc3)c3ccc4c(c3)sc3ccccc34)cc21. The molecular formula is C57H38N2S. The van der Waals surface area contributed by atoms with Crippen molar-refractivity contribution < 1.29 is 0 Å². The van der Waals surface area contributed by atoms with E-state index in [2.05, 4.69) is 217 Å². The van der Waals surface area contributed by atoms with Crippen molar-refractivity contribution in [2.75, 3.05) is 4.90 Å². The summed E-state index contributed by atoms with van der Waals surface area (Å²) in [7, 11) is 0. The van der Waals surface area contributed by atoms with Crippen molar-refractivity contribution in [3.63, 3.8) is 0 Å². The molecule has 0 saturated carbocycles. The van der Waals surface area contributed by atoms with Crippen molar-refractivity contribution in [3.05, 3.63) is 205 Å². The Hall–Kier alpha value is -7.20. The number of anilines is 3. The number of fused-ring (bicyclic) bond motifs is 12. The normalized spacial score (nSPS) is 13.3. The molecule has 0 saturated heterocycles. The Balaban J connectivity index is 0.953. The first-order valence-electron chi connectivity index (χ1n) is 20.8. The molecule has 3 heterocycles. The van der Waals surface area contributed by atoms with Gasteiger partial charge in [-0.25, -0.2) is 0 Å². The lowest BCUT2D eigenvalue weighted by Crippen LogP contribution is -2.16. The molecule has 0 bridgehead atoms. The zero-order valence-electron chi connectivity index (χ0n) is 33.3. The van der Waals surface area contributed by atoms with Gasteiger partial charge in [0.25, 0.3) is 0 Å². The van der Waals surface area contributed by atoms with Crippen LogP contribution in [0.15, 0.2) is 194 Å². The van der Waals surface area contributed by atoms with Crippen molar-refractivity contribution >= 4 is 86.7 Å². The molecule has 3 aromatic heterocycles. The molecule has 9 aromatic carbocycles. The molecule has 12 aromatic rings. The van der Waals surface area contributed by atoms with Gasteiger partial charge in [-0.1, -0.05) is 153 Å². The second-order valence-corrected chi connectivity index (χ2v) is 18.0. The highest BCUT2D eigenvalue weighted by Gasteiger charge is 2.36. The molecule has 1 aliphatic carbocycles. The predicted octanol–water partition coefficient (Wildman–Crippen LogP) is 16.3. The number of benzene rings is 9. The van der Waals surface area contributed by atoms with Crippen molar-refractivity contribution in [1.82, 2.24) is 4.40 Å². The number of hydrogen-bond donors (Lipinski definition) is 0. The van der Waals surface area contributed by atoms with Crippen LogP contribution in [0, 0.1) is 0 Å². The number of para-hydroxylation sites is 3. The molecule has 0 amide bonds. The van der Waals surface area contributed by atoms with E-state index >= 15 is 0 Å². The smallest absolute Gasteiger partial charge is 0.0620 e. The number of aromatic nitrogens is 1. The average Bonchev–Trinajstić information content (AvgIpc) is 4.01. The van der Waals surface area contributed by atoms with Gasteiger partial charge in [-0.2, -0.15) is 0 Å². The lowest BCUT2D eigenvalue weighted by atomic mass is 9.81. The van der Waals surface area contributed by atoms with Crippen molar-refractivity contribution in [1.29, 1.82) is 0 Å². The van der Waals surface area contributed by atoms with Crippen LogP contribution in [0.3, 0.4) is 0 Å². The van der Waals surface area contributed by atoms with Gasteiger partial charge in [0, 0.05) is 69.8 Å². The molecule has 0 fully saturated rings. The van der Waals surface area contributed by atoms with Gasteiger partial charge in [0.2, 0.25) is 0 Å². The maximum absolute atomic E-state index is 2.52. The van der Waals surface area contributed by atoms with E-state index in [4.69, 9.17) is 0 Å². The van der Waals surface area contributed by atoms with Crippen molar-refractivity contribution in [2.24, 2.45) is 0 Å². The van der Waals surface area contributed by atoms with Crippen LogP contribution >= 0.6 is 11.3 Å². The summed E-state index contributed by atoms with van der Waals surface area (Å²) in [6, 6.07) is 72.2. The quantitative estimate of drug-likeness (QED) is 0.169. The van der Waals surface area contributed by atoms with E-state index in [0.717, 1.165) is 17.1 Å². The summed E-state index contributed by atoms with van der Waals surface area (Å²) in [5.74, 6) is 0. The van der Waals surface area contributed by atoms with E-state index < -0.39 is 0 Å². The predicted molar refractivity (Wildman–Crippen MR) is 257 cm³/mol. The Labute approximate surface area is 352 Å². The van der Waals surface area contributed by atoms with Gasteiger partial charge in [-0.05, 0) is 93.5 Å². The van der Waals surface area contributed by atoms with E-state index in [1.165, 1.54) is 103 Å². The summed E-state index contributed by atoms with van der Waals surface area (Å²) in [6.45, 7) is 4.81. The lowest BCUT2D eigenvalue weighted by Gasteiger charge is -2.28. The van der Waals surface area contributed by atoms with Crippen LogP contribution in [0.1, 0.15) is 25.0 Å². The second kappa shape index (κ2) is 12.4. The molecule has 3 heteroatoms. The summed E-state index contributed by atoms with van der Waals surface area (Å²) in [6.07, 6.45) is 0. The first-order chi connectivity index (χ1) is 29.5. The third-order valence-electron chi connectivity index (χ3n) is 13.3. The molecule has 0 spiro atoms.